The van der Waals surface area contributed by atoms with Gasteiger partial charge >= 0.3 is 0 Å². The van der Waals surface area contributed by atoms with Crippen LogP contribution in [0.4, 0.5) is 0 Å². The smallest absolute Gasteiger partial charge is 0.253 e. The van der Waals surface area contributed by atoms with E-state index >= 15 is 0 Å². The normalized spacial score (nSPS) is 12.2. The van der Waals surface area contributed by atoms with Crippen LogP contribution >= 0.6 is 11.6 Å². The summed E-state index contributed by atoms with van der Waals surface area (Å²) < 4.78 is 0. The first-order valence-corrected chi connectivity index (χ1v) is 6.55. The van der Waals surface area contributed by atoms with Crippen LogP contribution in [-0.2, 0) is 5.88 Å². The number of benzene rings is 1. The molecule has 0 radical (unpaired) electrons. The largest absolute Gasteiger partial charge is 0.339 e. The zero-order chi connectivity index (χ0) is 12.8. The SMILES string of the molecule is CCCC(C)N(C)C(=O)c1ccc(CCl)cc1. The lowest BCUT2D eigenvalue weighted by molar-refractivity contribution is 0.0737. The van der Waals surface area contributed by atoms with Gasteiger partial charge in [-0.2, -0.15) is 0 Å². The van der Waals surface area contributed by atoms with Gasteiger partial charge in [-0.15, -0.1) is 11.6 Å². The van der Waals surface area contributed by atoms with Gasteiger partial charge in [0, 0.05) is 24.5 Å². The van der Waals surface area contributed by atoms with Crippen molar-refractivity contribution in [2.75, 3.05) is 7.05 Å². The quantitative estimate of drug-likeness (QED) is 0.733. The van der Waals surface area contributed by atoms with Gasteiger partial charge in [0.2, 0.25) is 0 Å². The van der Waals surface area contributed by atoms with Gasteiger partial charge in [-0.3, -0.25) is 4.79 Å². The van der Waals surface area contributed by atoms with E-state index in [1.165, 1.54) is 0 Å². The second-order valence-electron chi connectivity index (χ2n) is 4.38. The molecule has 0 saturated carbocycles. The van der Waals surface area contributed by atoms with Crippen molar-refractivity contribution in [3.05, 3.63) is 35.4 Å². The van der Waals surface area contributed by atoms with Gasteiger partial charge in [-0.05, 0) is 31.0 Å². The maximum absolute atomic E-state index is 12.2. The highest BCUT2D eigenvalue weighted by molar-refractivity contribution is 6.17. The second kappa shape index (κ2) is 6.65. The van der Waals surface area contributed by atoms with E-state index in [9.17, 15) is 4.79 Å². The number of rotatable bonds is 5. The second-order valence-corrected chi connectivity index (χ2v) is 4.65. The molecule has 0 aliphatic heterocycles. The van der Waals surface area contributed by atoms with Gasteiger partial charge in [0.05, 0.1) is 0 Å². The number of carbonyl (C=O) groups excluding carboxylic acids is 1. The van der Waals surface area contributed by atoms with Crippen LogP contribution in [0.15, 0.2) is 24.3 Å². The summed E-state index contributed by atoms with van der Waals surface area (Å²) in [7, 11) is 1.86. The summed E-state index contributed by atoms with van der Waals surface area (Å²) in [6.07, 6.45) is 2.12. The summed E-state index contributed by atoms with van der Waals surface area (Å²) in [5.74, 6) is 0.559. The molecule has 94 valence electrons. The topological polar surface area (TPSA) is 20.3 Å². The van der Waals surface area contributed by atoms with E-state index in [2.05, 4.69) is 13.8 Å². The molecular weight excluding hydrogens is 234 g/mol. The monoisotopic (exact) mass is 253 g/mol. The van der Waals surface area contributed by atoms with Gasteiger partial charge in [0.25, 0.3) is 5.91 Å². The minimum Gasteiger partial charge on any atom is -0.339 e. The molecule has 1 atom stereocenters. The molecule has 0 aromatic heterocycles. The molecule has 0 N–H and O–H groups in total. The van der Waals surface area contributed by atoms with Crippen LogP contribution in [-0.4, -0.2) is 23.9 Å². The molecule has 17 heavy (non-hydrogen) atoms. The lowest BCUT2D eigenvalue weighted by atomic mass is 10.1. The Labute approximate surface area is 109 Å². The highest BCUT2D eigenvalue weighted by atomic mass is 35.5. The fourth-order valence-electron chi connectivity index (χ4n) is 1.75. The standard InChI is InChI=1S/C14H20ClNO/c1-4-5-11(2)16(3)14(17)13-8-6-12(10-15)7-9-13/h6-9,11H,4-5,10H2,1-3H3. The maximum atomic E-state index is 12.2. The lowest BCUT2D eigenvalue weighted by Gasteiger charge is -2.24. The number of alkyl halides is 1. The Kier molecular flexibility index (Phi) is 5.49. The molecule has 1 aromatic carbocycles. The molecule has 1 rings (SSSR count). The fourth-order valence-corrected chi connectivity index (χ4v) is 1.93. The maximum Gasteiger partial charge on any atom is 0.253 e. The van der Waals surface area contributed by atoms with Crippen molar-refractivity contribution in [2.45, 2.75) is 38.6 Å². The summed E-state index contributed by atoms with van der Waals surface area (Å²) in [6, 6.07) is 7.77. The van der Waals surface area contributed by atoms with E-state index in [0.717, 1.165) is 24.0 Å². The molecule has 3 heteroatoms. The molecule has 1 unspecified atom stereocenters. The van der Waals surface area contributed by atoms with Gasteiger partial charge in [0.15, 0.2) is 0 Å². The average molecular weight is 254 g/mol. The van der Waals surface area contributed by atoms with Crippen LogP contribution in [0.2, 0.25) is 0 Å². The third kappa shape index (κ3) is 3.74. The zero-order valence-electron chi connectivity index (χ0n) is 10.7. The van der Waals surface area contributed by atoms with E-state index in [-0.39, 0.29) is 11.9 Å². The van der Waals surface area contributed by atoms with Crippen LogP contribution in [0.5, 0.6) is 0 Å². The molecule has 2 nitrogen and oxygen atoms in total. The van der Waals surface area contributed by atoms with Crippen LogP contribution in [0.1, 0.15) is 42.6 Å². The molecule has 0 aliphatic carbocycles. The number of nitrogens with zero attached hydrogens (tertiary/aromatic N) is 1. The Morgan fingerprint density at radius 2 is 1.94 bits per heavy atom. The Morgan fingerprint density at radius 1 is 1.35 bits per heavy atom. The first-order valence-electron chi connectivity index (χ1n) is 6.02. The van der Waals surface area contributed by atoms with E-state index in [0.29, 0.717) is 5.88 Å². The highest BCUT2D eigenvalue weighted by Crippen LogP contribution is 2.12. The Hall–Kier alpha value is -1.02. The van der Waals surface area contributed by atoms with E-state index in [4.69, 9.17) is 11.6 Å². The third-order valence-electron chi connectivity index (χ3n) is 3.04. The number of hydrogen-bond acceptors (Lipinski definition) is 1. The first kappa shape index (κ1) is 14.0. The van der Waals surface area contributed by atoms with Gasteiger partial charge in [-0.25, -0.2) is 0 Å². The predicted molar refractivity (Wildman–Crippen MR) is 72.5 cm³/mol. The zero-order valence-corrected chi connectivity index (χ0v) is 11.5. The number of hydrogen-bond donors (Lipinski definition) is 0. The van der Waals surface area contributed by atoms with Crippen LogP contribution in [0.25, 0.3) is 0 Å². The third-order valence-corrected chi connectivity index (χ3v) is 3.35. The van der Waals surface area contributed by atoms with Crippen molar-refractivity contribution in [1.29, 1.82) is 0 Å². The molecule has 0 saturated heterocycles. The van der Waals surface area contributed by atoms with Crippen LogP contribution < -0.4 is 0 Å². The molecule has 0 bridgehead atoms. The van der Waals surface area contributed by atoms with Gasteiger partial charge in [0.1, 0.15) is 0 Å². The average Bonchev–Trinajstić information content (AvgIpc) is 2.37. The molecule has 1 aromatic rings. The molecule has 0 heterocycles. The summed E-state index contributed by atoms with van der Waals surface area (Å²) >= 11 is 5.72. The minimum atomic E-state index is 0.0760. The van der Waals surface area contributed by atoms with Crippen LogP contribution in [0, 0.1) is 0 Å². The molecule has 0 spiro atoms. The predicted octanol–water partition coefficient (Wildman–Crippen LogP) is 3.69. The van der Waals surface area contributed by atoms with E-state index in [1.807, 2.05) is 31.3 Å². The number of halogens is 1. The Morgan fingerprint density at radius 3 is 2.41 bits per heavy atom. The molecule has 0 aliphatic rings. The van der Waals surface area contributed by atoms with Crippen molar-refractivity contribution in [3.63, 3.8) is 0 Å². The van der Waals surface area contributed by atoms with Crippen molar-refractivity contribution >= 4 is 17.5 Å². The van der Waals surface area contributed by atoms with Gasteiger partial charge in [-0.1, -0.05) is 25.5 Å². The van der Waals surface area contributed by atoms with Crippen molar-refractivity contribution in [1.82, 2.24) is 4.90 Å². The van der Waals surface area contributed by atoms with Crippen LogP contribution in [0.3, 0.4) is 0 Å². The fraction of sp³-hybridized carbons (Fsp3) is 0.500. The minimum absolute atomic E-state index is 0.0760. The number of amides is 1. The summed E-state index contributed by atoms with van der Waals surface area (Å²) in [6.45, 7) is 4.21. The molecule has 0 fully saturated rings. The van der Waals surface area contributed by atoms with E-state index < -0.39 is 0 Å². The molecular formula is C14H20ClNO. The number of carbonyl (C=O) groups is 1. The highest BCUT2D eigenvalue weighted by Gasteiger charge is 2.16. The summed E-state index contributed by atoms with van der Waals surface area (Å²) in [5.41, 5.74) is 1.76. The van der Waals surface area contributed by atoms with Crippen molar-refractivity contribution in [2.24, 2.45) is 0 Å². The Balaban J connectivity index is 2.74. The van der Waals surface area contributed by atoms with Crippen molar-refractivity contribution in [3.8, 4) is 0 Å². The first-order chi connectivity index (χ1) is 8.10. The Bertz CT molecular complexity index is 361. The molecule has 1 amide bonds. The summed E-state index contributed by atoms with van der Waals surface area (Å²) in [4.78, 5) is 14.0. The van der Waals surface area contributed by atoms with Gasteiger partial charge < -0.3 is 4.90 Å². The van der Waals surface area contributed by atoms with E-state index in [1.54, 1.807) is 4.90 Å². The summed E-state index contributed by atoms with van der Waals surface area (Å²) in [5, 5.41) is 0. The lowest BCUT2D eigenvalue weighted by Crippen LogP contribution is -2.34. The van der Waals surface area contributed by atoms with Crippen molar-refractivity contribution < 1.29 is 4.79 Å².